The van der Waals surface area contributed by atoms with Crippen molar-refractivity contribution in [2.24, 2.45) is 30.7 Å². The molecule has 66 heavy (non-hydrogen) atoms. The van der Waals surface area contributed by atoms with Crippen molar-refractivity contribution in [1.29, 1.82) is 0 Å². The molecule has 6 aliphatic heterocycles. The van der Waals surface area contributed by atoms with Crippen LogP contribution in [0.25, 0.3) is 22.2 Å². The highest BCUT2D eigenvalue weighted by atomic mass is 16.2. The molecule has 15 nitrogen and oxygen atoms in total. The molecule has 2 aromatic heterocycles. The number of fused-ring (bicyclic) bond motifs is 2. The topological polar surface area (TPSA) is 158 Å². The number of imide groups is 1. The number of amidine groups is 1. The molecule has 3 saturated heterocycles. The first-order chi connectivity index (χ1) is 31.9. The highest BCUT2D eigenvalue weighted by Crippen LogP contribution is 2.36. The van der Waals surface area contributed by atoms with Crippen LogP contribution in [0.15, 0.2) is 82.3 Å². The lowest BCUT2D eigenvalue weighted by atomic mass is 9.89. The smallest absolute Gasteiger partial charge is 0.329 e. The normalized spacial score (nSPS) is 22.2. The van der Waals surface area contributed by atoms with Gasteiger partial charge in [-0.2, -0.15) is 0 Å². The van der Waals surface area contributed by atoms with Crippen molar-refractivity contribution >= 4 is 51.6 Å². The van der Waals surface area contributed by atoms with Crippen molar-refractivity contribution in [3.63, 3.8) is 0 Å². The Morgan fingerprint density at radius 3 is 2.35 bits per heavy atom. The number of nitrogens with zero attached hydrogens (tertiary/aromatic N) is 8. The fourth-order valence-corrected chi connectivity index (χ4v) is 11.2. The first-order valence-corrected chi connectivity index (χ1v) is 23.5. The minimum Gasteiger partial charge on any atom is -0.384 e. The Balaban J connectivity index is 0.708. The van der Waals surface area contributed by atoms with E-state index in [0.29, 0.717) is 30.2 Å². The van der Waals surface area contributed by atoms with Crippen LogP contribution in [0.2, 0.25) is 0 Å². The van der Waals surface area contributed by atoms with Crippen LogP contribution >= 0.6 is 0 Å². The fraction of sp³-hybridized carbons (Fsp3) is 0.431. The lowest BCUT2D eigenvalue weighted by Crippen LogP contribution is -2.44. The van der Waals surface area contributed by atoms with Crippen LogP contribution < -0.4 is 22.1 Å². The number of dihydropyridines is 1. The fourth-order valence-electron chi connectivity index (χ4n) is 11.2. The highest BCUT2D eigenvalue weighted by molar-refractivity contribution is 6.00. The molecule has 2 aromatic carbocycles. The van der Waals surface area contributed by atoms with Gasteiger partial charge in [-0.25, -0.2) is 4.79 Å². The van der Waals surface area contributed by atoms with E-state index < -0.39 is 11.9 Å². The number of carbonyl (C=O) groups is 3. The number of nitrogens with one attached hydrogen (secondary N) is 2. The van der Waals surface area contributed by atoms with Gasteiger partial charge in [0.15, 0.2) is 0 Å². The Morgan fingerprint density at radius 2 is 1.62 bits per heavy atom. The van der Waals surface area contributed by atoms with Crippen LogP contribution in [0.3, 0.4) is 0 Å². The molecule has 6 aliphatic rings. The van der Waals surface area contributed by atoms with Gasteiger partial charge in [0.05, 0.1) is 24.2 Å². The number of imidazole rings is 1. The predicted octanol–water partition coefficient (Wildman–Crippen LogP) is 4.81. The number of aliphatic imine (C=N–C) groups is 1. The van der Waals surface area contributed by atoms with Crippen LogP contribution in [0.4, 0.5) is 5.82 Å². The molecule has 0 saturated carbocycles. The number of hydrogen-bond donors (Lipinski definition) is 3. The zero-order valence-electron chi connectivity index (χ0n) is 38.6. The number of benzene rings is 2. The number of allylic oxidation sites excluding steroid dienone is 2. The molecule has 4 N–H and O–H groups in total. The van der Waals surface area contributed by atoms with E-state index in [9.17, 15) is 19.2 Å². The number of aryl methyl sites for hydroxylation is 3. The van der Waals surface area contributed by atoms with E-state index in [1.165, 1.54) is 49.2 Å². The average molecular weight is 892 g/mol. The van der Waals surface area contributed by atoms with E-state index in [1.807, 2.05) is 24.4 Å². The summed E-state index contributed by atoms with van der Waals surface area (Å²) in [4.78, 5) is 65.5. The summed E-state index contributed by atoms with van der Waals surface area (Å²) < 4.78 is 5.40. The maximum absolute atomic E-state index is 13.9. The first-order valence-electron chi connectivity index (χ1n) is 23.5. The number of nitrogens with two attached hydrogens (primary N) is 1. The third kappa shape index (κ3) is 8.39. The van der Waals surface area contributed by atoms with Gasteiger partial charge in [0.1, 0.15) is 17.7 Å². The van der Waals surface area contributed by atoms with Gasteiger partial charge >= 0.3 is 5.69 Å². The number of hydrogen-bond acceptors (Lipinski definition) is 10. The summed E-state index contributed by atoms with van der Waals surface area (Å²) in [5.74, 6) is 1.63. The van der Waals surface area contributed by atoms with Crippen LogP contribution in [0, 0.1) is 19.8 Å². The number of carbonyl (C=O) groups excluding carboxylic acids is 3. The van der Waals surface area contributed by atoms with E-state index in [4.69, 9.17) is 5.73 Å². The van der Waals surface area contributed by atoms with Gasteiger partial charge in [0.2, 0.25) is 11.8 Å². The summed E-state index contributed by atoms with van der Waals surface area (Å²) in [5.41, 5.74) is 18.8. The van der Waals surface area contributed by atoms with E-state index in [1.54, 1.807) is 11.6 Å². The molecule has 8 heterocycles. The average Bonchev–Trinajstić information content (AvgIpc) is 3.96. The number of likely N-dealkylation sites (tertiary alicyclic amines) is 1. The number of piperidine rings is 2. The number of aromatic nitrogens is 3. The maximum atomic E-state index is 13.9. The first kappa shape index (κ1) is 43.6. The second kappa shape index (κ2) is 17.8. The monoisotopic (exact) mass is 891 g/mol. The van der Waals surface area contributed by atoms with Crippen molar-refractivity contribution < 1.29 is 14.4 Å². The third-order valence-electron chi connectivity index (χ3n) is 14.7. The second-order valence-corrected chi connectivity index (χ2v) is 19.2. The Hall–Kier alpha value is -6.29. The van der Waals surface area contributed by atoms with E-state index in [2.05, 4.69) is 103 Å². The van der Waals surface area contributed by atoms with Crippen LogP contribution in [-0.2, 0) is 36.8 Å². The standard InChI is InChI=1S/C51H61N11O4/c1-32-23-38(24-33(2)47(32)36-14-17-58(18-15-36)30-39-26-41-40(11-16-53-48(41)56(39)3)37-6-9-45(52)54-27-37)50(65)61-19-12-34(13-20-61)28-59-21-22-60(31-59)29-35-5-7-42-44(25-35)57(4)51(66)62(42)43-8-10-46(63)55-49(43)64/h5-7,9,11,14,16,23-26,34,43,53H,8,10,12-13,15,17-22,27-31H2,1-4H3,(H2,52,54)(H,55,63,64)/b40-37+. The predicted molar refractivity (Wildman–Crippen MR) is 259 cm³/mol. The Morgan fingerprint density at radius 1 is 0.833 bits per heavy atom. The molecule has 0 bridgehead atoms. The third-order valence-corrected chi connectivity index (χ3v) is 14.7. The SMILES string of the molecule is Cc1cc(C(=O)N2CCC(CN3CCN(Cc4ccc5c(c4)n(C)c(=O)n5C4CCC(=O)NC4=O)C3)CC2)cc(C)c1C1=CCN(Cc2cc3c(n2C)NC=C/C3=C2/C=CC(N)=NC2)CC1. The van der Waals surface area contributed by atoms with Gasteiger partial charge in [-0.05, 0) is 127 Å². The van der Waals surface area contributed by atoms with Crippen molar-refractivity contribution in [3.8, 4) is 0 Å². The lowest BCUT2D eigenvalue weighted by Gasteiger charge is -2.34. The zero-order valence-corrected chi connectivity index (χ0v) is 38.6. The lowest BCUT2D eigenvalue weighted by molar-refractivity contribution is -0.135. The molecule has 1 atom stereocenters. The minimum absolute atomic E-state index is 0.134. The Kier molecular flexibility index (Phi) is 11.8. The molecule has 0 radical (unpaired) electrons. The Bertz CT molecular complexity index is 2840. The van der Waals surface area contributed by atoms with E-state index >= 15 is 0 Å². The van der Waals surface area contributed by atoms with Crippen LogP contribution in [0.5, 0.6) is 0 Å². The second-order valence-electron chi connectivity index (χ2n) is 19.2. The largest absolute Gasteiger partial charge is 0.384 e. The van der Waals surface area contributed by atoms with Gasteiger partial charge in [-0.15, -0.1) is 0 Å². The van der Waals surface area contributed by atoms with Crippen molar-refractivity contribution in [2.75, 3.05) is 64.3 Å². The van der Waals surface area contributed by atoms with Crippen molar-refractivity contribution in [1.82, 2.24) is 38.6 Å². The summed E-state index contributed by atoms with van der Waals surface area (Å²) >= 11 is 0. The molecule has 10 rings (SSSR count). The molecule has 3 fully saturated rings. The molecule has 15 heteroatoms. The van der Waals surface area contributed by atoms with Gasteiger partial charge < -0.3 is 20.5 Å². The molecule has 0 spiro atoms. The molecular weight excluding hydrogens is 831 g/mol. The summed E-state index contributed by atoms with van der Waals surface area (Å²) in [6.45, 7) is 13.8. The molecule has 344 valence electrons. The van der Waals surface area contributed by atoms with Crippen molar-refractivity contribution in [3.05, 3.63) is 122 Å². The van der Waals surface area contributed by atoms with Gasteiger partial charge in [0, 0.05) is 102 Å². The van der Waals surface area contributed by atoms with Gasteiger partial charge in [0.25, 0.3) is 5.91 Å². The zero-order chi connectivity index (χ0) is 45.8. The number of amides is 3. The summed E-state index contributed by atoms with van der Waals surface area (Å²) in [7, 11) is 3.87. The maximum Gasteiger partial charge on any atom is 0.329 e. The quantitative estimate of drug-likeness (QED) is 0.201. The minimum atomic E-state index is -0.690. The van der Waals surface area contributed by atoms with Gasteiger partial charge in [-0.3, -0.25) is 48.5 Å². The summed E-state index contributed by atoms with van der Waals surface area (Å²) in [6, 6.07) is 11.9. The molecule has 3 amide bonds. The molecular formula is C51H61N11O4. The van der Waals surface area contributed by atoms with Gasteiger partial charge in [-0.1, -0.05) is 18.2 Å². The van der Waals surface area contributed by atoms with E-state index in [-0.39, 0.29) is 23.9 Å². The Labute approximate surface area is 385 Å². The summed E-state index contributed by atoms with van der Waals surface area (Å²) in [6.07, 6.45) is 14.0. The number of anilines is 1. The molecule has 1 unspecified atom stereocenters. The number of rotatable bonds is 9. The highest BCUT2D eigenvalue weighted by Gasteiger charge is 2.32. The molecule has 0 aliphatic carbocycles. The summed E-state index contributed by atoms with van der Waals surface area (Å²) in [5, 5.41) is 5.84. The van der Waals surface area contributed by atoms with Crippen molar-refractivity contribution in [2.45, 2.75) is 65.1 Å². The van der Waals surface area contributed by atoms with E-state index in [0.717, 1.165) is 107 Å². The molecule has 4 aromatic rings. The van der Waals surface area contributed by atoms with Crippen LogP contribution in [0.1, 0.15) is 82.0 Å². The van der Waals surface area contributed by atoms with Crippen LogP contribution in [-0.4, -0.2) is 116 Å².